The van der Waals surface area contributed by atoms with Crippen LogP contribution in [-0.4, -0.2) is 15.5 Å². The maximum atomic E-state index is 13.2. The Morgan fingerprint density at radius 1 is 0.941 bits per heavy atom. The highest BCUT2D eigenvalue weighted by molar-refractivity contribution is 6.04. The van der Waals surface area contributed by atoms with E-state index in [1.165, 1.54) is 30.0 Å². The molecule has 0 saturated heterocycles. The third kappa shape index (κ3) is 4.63. The van der Waals surface area contributed by atoms with Gasteiger partial charge in [-0.3, -0.25) is 9.59 Å². The molecule has 0 saturated carbocycles. The highest BCUT2D eigenvalue weighted by atomic mass is 19.4. The Hall–Kier alpha value is -4.14. The molecule has 9 heteroatoms. The predicted octanol–water partition coefficient (Wildman–Crippen LogP) is 5.57. The first kappa shape index (κ1) is 23.0. The van der Waals surface area contributed by atoms with E-state index in [2.05, 4.69) is 15.6 Å². The molecule has 0 aliphatic carbocycles. The van der Waals surface area contributed by atoms with Crippen molar-refractivity contribution in [3.05, 3.63) is 93.5 Å². The highest BCUT2D eigenvalue weighted by Gasteiger charge is 2.33. The Bertz CT molecular complexity index is 1480. The molecular formula is C25H21F3N4O2. The Morgan fingerprint density at radius 2 is 1.65 bits per heavy atom. The molecule has 4 rings (SSSR count). The number of alkyl halides is 3. The molecule has 1 amide bonds. The maximum absolute atomic E-state index is 13.2. The van der Waals surface area contributed by atoms with Crippen molar-refractivity contribution < 1.29 is 18.0 Å². The lowest BCUT2D eigenvalue weighted by atomic mass is 10.0. The zero-order valence-electron chi connectivity index (χ0n) is 18.6. The molecule has 3 aromatic carbocycles. The first-order valence-corrected chi connectivity index (χ1v) is 10.4. The van der Waals surface area contributed by atoms with Crippen molar-refractivity contribution in [1.29, 1.82) is 0 Å². The summed E-state index contributed by atoms with van der Waals surface area (Å²) >= 11 is 0. The molecule has 174 valence electrons. The second-order valence-electron chi connectivity index (χ2n) is 8.03. The van der Waals surface area contributed by atoms with Gasteiger partial charge in [-0.25, -0.2) is 4.98 Å². The number of aryl methyl sites for hydroxylation is 3. The summed E-state index contributed by atoms with van der Waals surface area (Å²) in [6, 6.07) is 13.8. The van der Waals surface area contributed by atoms with Gasteiger partial charge in [-0.05, 0) is 67.4 Å². The minimum atomic E-state index is -4.54. The van der Waals surface area contributed by atoms with Gasteiger partial charge in [0.15, 0.2) is 0 Å². The molecule has 4 aromatic rings. The van der Waals surface area contributed by atoms with Crippen LogP contribution in [0.25, 0.3) is 10.9 Å². The van der Waals surface area contributed by atoms with Crippen LogP contribution in [0.1, 0.15) is 27.0 Å². The van der Waals surface area contributed by atoms with Crippen LogP contribution < -0.4 is 16.2 Å². The Labute approximate surface area is 193 Å². The Morgan fingerprint density at radius 3 is 2.38 bits per heavy atom. The predicted molar refractivity (Wildman–Crippen MR) is 126 cm³/mol. The summed E-state index contributed by atoms with van der Waals surface area (Å²) < 4.78 is 41.0. The van der Waals surface area contributed by atoms with Crippen molar-refractivity contribution in [1.82, 2.24) is 9.55 Å². The topological polar surface area (TPSA) is 76.0 Å². The fourth-order valence-corrected chi connectivity index (χ4v) is 3.55. The molecule has 0 bridgehead atoms. The average molecular weight is 466 g/mol. The van der Waals surface area contributed by atoms with E-state index in [0.717, 1.165) is 11.6 Å². The number of anilines is 3. The number of hydrogen-bond acceptors (Lipinski definition) is 4. The van der Waals surface area contributed by atoms with Gasteiger partial charge in [-0.2, -0.15) is 13.2 Å². The maximum Gasteiger partial charge on any atom is 0.416 e. The molecule has 0 atom stereocenters. The fraction of sp³-hybridized carbons (Fsp3) is 0.160. The third-order valence-corrected chi connectivity index (χ3v) is 5.50. The summed E-state index contributed by atoms with van der Waals surface area (Å²) in [6.45, 7) is 3.21. The van der Waals surface area contributed by atoms with Gasteiger partial charge in [0.2, 0.25) is 0 Å². The molecule has 0 unspecified atom stereocenters. The average Bonchev–Trinajstić information content (AvgIpc) is 2.78. The molecule has 0 spiro atoms. The first-order valence-electron chi connectivity index (χ1n) is 10.4. The van der Waals surface area contributed by atoms with E-state index in [4.69, 9.17) is 0 Å². The standard InChI is InChI=1S/C25H21F3N4O2/c1-14-4-6-16(10-20(14)25(26,27)28)23(33)31-18-7-5-15(2)22(12-18)30-17-8-9-21-19(11-17)24(34)32(3)13-29-21/h4-13,30H,1-3H3,(H,31,33). The van der Waals surface area contributed by atoms with Gasteiger partial charge >= 0.3 is 6.18 Å². The molecule has 1 aromatic heterocycles. The van der Waals surface area contributed by atoms with Crippen LogP contribution in [0.2, 0.25) is 0 Å². The molecular weight excluding hydrogens is 445 g/mol. The van der Waals surface area contributed by atoms with Crippen LogP contribution in [-0.2, 0) is 13.2 Å². The van der Waals surface area contributed by atoms with Gasteiger partial charge in [0.1, 0.15) is 0 Å². The second kappa shape index (κ2) is 8.66. The molecule has 0 aliphatic heterocycles. The molecule has 6 nitrogen and oxygen atoms in total. The number of rotatable bonds is 4. The third-order valence-electron chi connectivity index (χ3n) is 5.50. The minimum absolute atomic E-state index is 0.0475. The van der Waals surface area contributed by atoms with Crippen molar-refractivity contribution in [2.45, 2.75) is 20.0 Å². The molecule has 0 radical (unpaired) electrons. The number of benzene rings is 3. The van der Waals surface area contributed by atoms with Crippen molar-refractivity contribution in [3.63, 3.8) is 0 Å². The monoisotopic (exact) mass is 466 g/mol. The van der Waals surface area contributed by atoms with Crippen molar-refractivity contribution >= 4 is 33.9 Å². The molecule has 0 fully saturated rings. The number of nitrogens with one attached hydrogen (secondary N) is 2. The number of amides is 1. The van der Waals surface area contributed by atoms with Crippen LogP contribution in [0.3, 0.4) is 0 Å². The first-order chi connectivity index (χ1) is 16.0. The van der Waals surface area contributed by atoms with Crippen LogP contribution in [0, 0.1) is 13.8 Å². The number of fused-ring (bicyclic) bond motifs is 1. The zero-order valence-corrected chi connectivity index (χ0v) is 18.6. The minimum Gasteiger partial charge on any atom is -0.355 e. The second-order valence-corrected chi connectivity index (χ2v) is 8.03. The quantitative estimate of drug-likeness (QED) is 0.413. The van der Waals surface area contributed by atoms with Crippen LogP contribution in [0.4, 0.5) is 30.2 Å². The lowest BCUT2D eigenvalue weighted by molar-refractivity contribution is -0.138. The fourth-order valence-electron chi connectivity index (χ4n) is 3.55. The highest BCUT2D eigenvalue weighted by Crippen LogP contribution is 2.32. The number of halogens is 3. The largest absolute Gasteiger partial charge is 0.416 e. The molecule has 34 heavy (non-hydrogen) atoms. The SMILES string of the molecule is Cc1ccc(NC(=O)c2ccc(C)c(C(F)(F)F)c2)cc1Nc1ccc2ncn(C)c(=O)c2c1. The summed E-state index contributed by atoms with van der Waals surface area (Å²) in [6.07, 6.45) is -3.09. The van der Waals surface area contributed by atoms with Crippen molar-refractivity contribution in [3.8, 4) is 0 Å². The van der Waals surface area contributed by atoms with Gasteiger partial charge < -0.3 is 15.2 Å². The van der Waals surface area contributed by atoms with Crippen LogP contribution >= 0.6 is 0 Å². The summed E-state index contributed by atoms with van der Waals surface area (Å²) in [5, 5.41) is 6.33. The Balaban J connectivity index is 1.60. The lowest BCUT2D eigenvalue weighted by Crippen LogP contribution is -2.16. The van der Waals surface area contributed by atoms with E-state index in [0.29, 0.717) is 28.0 Å². The van der Waals surface area contributed by atoms with E-state index in [1.54, 1.807) is 43.4 Å². The van der Waals surface area contributed by atoms with Gasteiger partial charge in [-0.1, -0.05) is 12.1 Å². The van der Waals surface area contributed by atoms with Gasteiger partial charge in [0, 0.05) is 29.7 Å². The number of carbonyl (C=O) groups excluding carboxylic acids is 1. The van der Waals surface area contributed by atoms with Gasteiger partial charge in [0.05, 0.1) is 22.8 Å². The number of carbonyl (C=O) groups is 1. The molecule has 2 N–H and O–H groups in total. The van der Waals surface area contributed by atoms with Gasteiger partial charge in [-0.15, -0.1) is 0 Å². The number of nitrogens with zero attached hydrogens (tertiary/aromatic N) is 2. The van der Waals surface area contributed by atoms with E-state index in [9.17, 15) is 22.8 Å². The number of hydrogen-bond donors (Lipinski definition) is 2. The van der Waals surface area contributed by atoms with Gasteiger partial charge in [0.25, 0.3) is 11.5 Å². The zero-order chi connectivity index (χ0) is 24.6. The smallest absolute Gasteiger partial charge is 0.355 e. The summed E-state index contributed by atoms with van der Waals surface area (Å²) in [5.41, 5.74) is 2.10. The van der Waals surface area contributed by atoms with Crippen molar-refractivity contribution in [2.75, 3.05) is 10.6 Å². The summed E-state index contributed by atoms with van der Waals surface area (Å²) in [4.78, 5) is 29.3. The van der Waals surface area contributed by atoms with Crippen LogP contribution in [0.5, 0.6) is 0 Å². The van der Waals surface area contributed by atoms with E-state index in [-0.39, 0.29) is 16.7 Å². The number of aromatic nitrogens is 2. The van der Waals surface area contributed by atoms with Crippen LogP contribution in [0.15, 0.2) is 65.7 Å². The Kier molecular flexibility index (Phi) is 5.87. The molecule has 1 heterocycles. The molecule has 0 aliphatic rings. The lowest BCUT2D eigenvalue weighted by Gasteiger charge is -2.14. The van der Waals surface area contributed by atoms with E-state index in [1.807, 2.05) is 6.92 Å². The van der Waals surface area contributed by atoms with E-state index < -0.39 is 17.6 Å². The summed E-state index contributed by atoms with van der Waals surface area (Å²) in [5.74, 6) is -0.652. The van der Waals surface area contributed by atoms with E-state index >= 15 is 0 Å². The normalized spacial score (nSPS) is 11.5. The summed E-state index contributed by atoms with van der Waals surface area (Å²) in [7, 11) is 1.62. The van der Waals surface area contributed by atoms with Crippen molar-refractivity contribution in [2.24, 2.45) is 7.05 Å².